The summed E-state index contributed by atoms with van der Waals surface area (Å²) in [6, 6.07) is 1.81. The molecule has 0 spiro atoms. The summed E-state index contributed by atoms with van der Waals surface area (Å²) in [6.07, 6.45) is 0. The Labute approximate surface area is 60.1 Å². The van der Waals surface area contributed by atoms with Crippen LogP contribution < -0.4 is 11.5 Å². The first-order valence-corrected chi connectivity index (χ1v) is 3.10. The number of anilines is 2. The molecular weight excluding hydrogens is 126 g/mol. The van der Waals surface area contributed by atoms with Crippen molar-refractivity contribution in [2.24, 2.45) is 0 Å². The van der Waals surface area contributed by atoms with Crippen LogP contribution in [0, 0.1) is 13.8 Å². The predicted octanol–water partition coefficient (Wildman–Crippen LogP) is 0.863. The standard InChI is InChI=1S/C7H11N3/c1-4-3-6(8)5(2)7(9)10-4/h3H,1-2H3,(H4,8,9,10). The smallest absolute Gasteiger partial charge is 0.128 e. The highest BCUT2D eigenvalue weighted by Gasteiger charge is 1.99. The van der Waals surface area contributed by atoms with Crippen molar-refractivity contribution in [3.63, 3.8) is 0 Å². The van der Waals surface area contributed by atoms with E-state index in [0.717, 1.165) is 11.3 Å². The molecular formula is C7H11N3. The predicted molar refractivity (Wildman–Crippen MR) is 42.5 cm³/mol. The molecule has 1 aromatic rings. The average molecular weight is 137 g/mol. The van der Waals surface area contributed by atoms with E-state index in [-0.39, 0.29) is 0 Å². The molecule has 0 unspecified atom stereocenters. The molecule has 0 amide bonds. The van der Waals surface area contributed by atoms with Crippen LogP contribution in [0.2, 0.25) is 0 Å². The number of aromatic nitrogens is 1. The van der Waals surface area contributed by atoms with Crippen LogP contribution in [0.15, 0.2) is 6.07 Å². The summed E-state index contributed by atoms with van der Waals surface area (Å²) in [7, 11) is 0. The second-order valence-corrected chi connectivity index (χ2v) is 2.36. The largest absolute Gasteiger partial charge is 0.398 e. The Morgan fingerprint density at radius 3 is 2.40 bits per heavy atom. The van der Waals surface area contributed by atoms with E-state index in [0.29, 0.717) is 11.5 Å². The number of aryl methyl sites for hydroxylation is 1. The molecule has 4 N–H and O–H groups in total. The fourth-order valence-corrected chi connectivity index (χ4v) is 0.787. The highest BCUT2D eigenvalue weighted by Crippen LogP contribution is 2.16. The zero-order valence-corrected chi connectivity index (χ0v) is 6.18. The molecule has 10 heavy (non-hydrogen) atoms. The van der Waals surface area contributed by atoms with Crippen LogP contribution in [0.1, 0.15) is 11.3 Å². The number of pyridine rings is 1. The van der Waals surface area contributed by atoms with Crippen LogP contribution in [-0.4, -0.2) is 4.98 Å². The Hall–Kier alpha value is -1.25. The zero-order chi connectivity index (χ0) is 7.72. The first-order chi connectivity index (χ1) is 4.61. The summed E-state index contributed by atoms with van der Waals surface area (Å²) in [6.45, 7) is 3.73. The van der Waals surface area contributed by atoms with Gasteiger partial charge in [0.2, 0.25) is 0 Å². The summed E-state index contributed by atoms with van der Waals surface area (Å²) in [5.74, 6) is 0.525. The van der Waals surface area contributed by atoms with Crippen LogP contribution in [0.25, 0.3) is 0 Å². The summed E-state index contributed by atoms with van der Waals surface area (Å²) < 4.78 is 0. The fraction of sp³-hybridized carbons (Fsp3) is 0.286. The molecule has 1 heterocycles. The number of nitrogens with two attached hydrogens (primary N) is 2. The van der Waals surface area contributed by atoms with Crippen molar-refractivity contribution in [2.45, 2.75) is 13.8 Å². The van der Waals surface area contributed by atoms with Gasteiger partial charge in [-0.15, -0.1) is 0 Å². The average Bonchev–Trinajstić information content (AvgIpc) is 1.82. The first-order valence-electron chi connectivity index (χ1n) is 3.10. The molecule has 1 aromatic heterocycles. The summed E-state index contributed by atoms with van der Waals surface area (Å²) in [5, 5.41) is 0. The van der Waals surface area contributed by atoms with Crippen molar-refractivity contribution in [3.8, 4) is 0 Å². The molecule has 0 saturated heterocycles. The Kier molecular flexibility index (Phi) is 1.49. The molecule has 0 bridgehead atoms. The summed E-state index contributed by atoms with van der Waals surface area (Å²) >= 11 is 0. The SMILES string of the molecule is Cc1cc(N)c(C)c(N)n1. The lowest BCUT2D eigenvalue weighted by Crippen LogP contribution is -2.00. The van der Waals surface area contributed by atoms with Gasteiger partial charge < -0.3 is 11.5 Å². The van der Waals surface area contributed by atoms with Crippen molar-refractivity contribution < 1.29 is 0 Å². The van der Waals surface area contributed by atoms with E-state index >= 15 is 0 Å². The van der Waals surface area contributed by atoms with Crippen molar-refractivity contribution in [1.82, 2.24) is 4.98 Å². The Balaban J connectivity index is 3.31. The molecule has 1 rings (SSSR count). The van der Waals surface area contributed by atoms with Gasteiger partial charge >= 0.3 is 0 Å². The molecule has 0 aliphatic rings. The molecule has 0 aliphatic carbocycles. The van der Waals surface area contributed by atoms with Crippen LogP contribution in [0.4, 0.5) is 11.5 Å². The Bertz CT molecular complexity index is 232. The minimum absolute atomic E-state index is 0.525. The molecule has 0 aliphatic heterocycles. The quantitative estimate of drug-likeness (QED) is 0.557. The van der Waals surface area contributed by atoms with Gasteiger partial charge in [0, 0.05) is 16.9 Å². The number of rotatable bonds is 0. The fourth-order valence-electron chi connectivity index (χ4n) is 0.787. The lowest BCUT2D eigenvalue weighted by molar-refractivity contribution is 1.19. The van der Waals surface area contributed by atoms with Crippen LogP contribution in [-0.2, 0) is 0 Å². The van der Waals surface area contributed by atoms with E-state index in [1.807, 2.05) is 19.9 Å². The highest BCUT2D eigenvalue weighted by molar-refractivity contribution is 5.57. The third-order valence-corrected chi connectivity index (χ3v) is 1.48. The van der Waals surface area contributed by atoms with Gasteiger partial charge in [-0.1, -0.05) is 0 Å². The van der Waals surface area contributed by atoms with Gasteiger partial charge in [-0.25, -0.2) is 4.98 Å². The number of nitrogen functional groups attached to an aromatic ring is 2. The van der Waals surface area contributed by atoms with E-state index in [1.54, 1.807) is 0 Å². The van der Waals surface area contributed by atoms with Crippen LogP contribution >= 0.6 is 0 Å². The molecule has 0 saturated carbocycles. The summed E-state index contributed by atoms with van der Waals surface area (Å²) in [5.41, 5.74) is 13.6. The van der Waals surface area contributed by atoms with Gasteiger partial charge in [0.15, 0.2) is 0 Å². The Morgan fingerprint density at radius 1 is 1.30 bits per heavy atom. The van der Waals surface area contributed by atoms with Gasteiger partial charge in [-0.3, -0.25) is 0 Å². The van der Waals surface area contributed by atoms with Gasteiger partial charge in [0.1, 0.15) is 5.82 Å². The number of hydrogen-bond donors (Lipinski definition) is 2. The second kappa shape index (κ2) is 2.17. The maximum atomic E-state index is 5.60. The second-order valence-electron chi connectivity index (χ2n) is 2.36. The van der Waals surface area contributed by atoms with Crippen LogP contribution in [0.5, 0.6) is 0 Å². The maximum Gasteiger partial charge on any atom is 0.128 e. The molecule has 0 radical (unpaired) electrons. The van der Waals surface area contributed by atoms with Crippen LogP contribution in [0.3, 0.4) is 0 Å². The van der Waals surface area contributed by atoms with Crippen molar-refractivity contribution >= 4 is 11.5 Å². The van der Waals surface area contributed by atoms with Gasteiger partial charge in [0.25, 0.3) is 0 Å². The summed E-state index contributed by atoms with van der Waals surface area (Å²) in [4.78, 5) is 4.03. The molecule has 0 atom stereocenters. The molecule has 54 valence electrons. The zero-order valence-electron chi connectivity index (χ0n) is 6.18. The molecule has 0 fully saturated rings. The minimum Gasteiger partial charge on any atom is -0.398 e. The number of nitrogens with zero attached hydrogens (tertiary/aromatic N) is 1. The van der Waals surface area contributed by atoms with Crippen molar-refractivity contribution in [3.05, 3.63) is 17.3 Å². The molecule has 3 heteroatoms. The topological polar surface area (TPSA) is 64.9 Å². The third-order valence-electron chi connectivity index (χ3n) is 1.48. The first kappa shape index (κ1) is 6.86. The van der Waals surface area contributed by atoms with Crippen molar-refractivity contribution in [2.75, 3.05) is 11.5 Å². The maximum absolute atomic E-state index is 5.60. The monoisotopic (exact) mass is 137 g/mol. The van der Waals surface area contributed by atoms with E-state index < -0.39 is 0 Å². The van der Waals surface area contributed by atoms with E-state index in [2.05, 4.69) is 4.98 Å². The highest BCUT2D eigenvalue weighted by atomic mass is 14.8. The lowest BCUT2D eigenvalue weighted by atomic mass is 10.2. The van der Waals surface area contributed by atoms with Gasteiger partial charge in [-0.2, -0.15) is 0 Å². The lowest BCUT2D eigenvalue weighted by Gasteiger charge is -2.03. The van der Waals surface area contributed by atoms with Gasteiger partial charge in [-0.05, 0) is 19.9 Å². The van der Waals surface area contributed by atoms with E-state index in [1.165, 1.54) is 0 Å². The minimum atomic E-state index is 0.525. The molecule has 0 aromatic carbocycles. The van der Waals surface area contributed by atoms with Crippen molar-refractivity contribution in [1.29, 1.82) is 0 Å². The van der Waals surface area contributed by atoms with Gasteiger partial charge in [0.05, 0.1) is 0 Å². The van der Waals surface area contributed by atoms with E-state index in [9.17, 15) is 0 Å². The Morgan fingerprint density at radius 2 is 1.90 bits per heavy atom. The number of hydrogen-bond acceptors (Lipinski definition) is 3. The normalized spacial score (nSPS) is 9.80. The van der Waals surface area contributed by atoms with E-state index in [4.69, 9.17) is 11.5 Å². The third kappa shape index (κ3) is 1.03. The molecule has 3 nitrogen and oxygen atoms in total.